The van der Waals surface area contributed by atoms with E-state index in [9.17, 15) is 0 Å². The van der Waals surface area contributed by atoms with Gasteiger partial charge in [-0.1, -0.05) is 90.3 Å². The number of benzene rings is 4. The van der Waals surface area contributed by atoms with Gasteiger partial charge in [0.1, 0.15) is 18.5 Å². The number of hydrogen-bond acceptors (Lipinski definition) is 1. The maximum Gasteiger partial charge on any atom is 0.228 e. The molecule has 1 fully saturated rings. The van der Waals surface area contributed by atoms with Crippen LogP contribution in [-0.4, -0.2) is 0 Å². The summed E-state index contributed by atoms with van der Waals surface area (Å²) < 4.78 is 9.44. The summed E-state index contributed by atoms with van der Waals surface area (Å²) in [5, 5.41) is 7.90. The maximum absolute atomic E-state index is 7.11. The number of aromatic nitrogens is 1. The summed E-state index contributed by atoms with van der Waals surface area (Å²) in [6.07, 6.45) is 11.1. The van der Waals surface area contributed by atoms with Gasteiger partial charge in [0, 0.05) is 17.0 Å². The van der Waals surface area contributed by atoms with E-state index in [1.165, 1.54) is 97.9 Å². The molecule has 1 aliphatic heterocycles. The molecule has 2 heterocycles. The second kappa shape index (κ2) is 10.1. The van der Waals surface area contributed by atoms with E-state index in [1.807, 2.05) is 0 Å². The Balaban J connectivity index is 1.53. The zero-order valence-electron chi connectivity index (χ0n) is 26.7. The fourth-order valence-corrected chi connectivity index (χ4v) is 7.90. The van der Waals surface area contributed by atoms with Gasteiger partial charge in [0.15, 0.2) is 6.20 Å². The summed E-state index contributed by atoms with van der Waals surface area (Å²) in [5.41, 5.74) is 8.28. The van der Waals surface area contributed by atoms with Crippen LogP contribution in [0.5, 0.6) is 11.5 Å². The van der Waals surface area contributed by atoms with Crippen LogP contribution in [0.4, 0.5) is 0 Å². The summed E-state index contributed by atoms with van der Waals surface area (Å²) in [7, 11) is 2.21. The van der Waals surface area contributed by atoms with Crippen molar-refractivity contribution in [3.8, 4) is 22.8 Å². The van der Waals surface area contributed by atoms with Crippen molar-refractivity contribution in [3.63, 3.8) is 0 Å². The third kappa shape index (κ3) is 4.59. The minimum absolute atomic E-state index is 0.128. The molecule has 42 heavy (non-hydrogen) atoms. The van der Waals surface area contributed by atoms with Gasteiger partial charge in [-0.25, -0.2) is 4.57 Å². The Bertz CT molecular complexity index is 1860. The molecule has 0 atom stereocenters. The highest BCUT2D eigenvalue weighted by Crippen LogP contribution is 2.53. The van der Waals surface area contributed by atoms with Gasteiger partial charge < -0.3 is 4.74 Å². The zero-order chi connectivity index (χ0) is 29.3. The topological polar surface area (TPSA) is 13.1 Å². The van der Waals surface area contributed by atoms with Crippen LogP contribution >= 0.6 is 0 Å². The first kappa shape index (κ1) is 27.4. The number of aryl methyl sites for hydroxylation is 2. The fraction of sp³-hybridized carbons (Fsp3) is 0.425. The fourth-order valence-electron chi connectivity index (χ4n) is 7.90. The van der Waals surface area contributed by atoms with Gasteiger partial charge in [-0.3, -0.25) is 0 Å². The van der Waals surface area contributed by atoms with Gasteiger partial charge in [0.25, 0.3) is 0 Å². The van der Waals surface area contributed by atoms with Crippen molar-refractivity contribution >= 4 is 32.3 Å². The highest BCUT2D eigenvalue weighted by molar-refractivity contribution is 6.16. The molecule has 0 spiro atoms. The lowest BCUT2D eigenvalue weighted by Gasteiger charge is -2.28. The zero-order valence-corrected chi connectivity index (χ0v) is 26.7. The van der Waals surface area contributed by atoms with E-state index in [2.05, 4.69) is 108 Å². The molecule has 4 aromatic carbocycles. The number of pyridine rings is 1. The highest BCUT2D eigenvalue weighted by Gasteiger charge is 2.34. The first-order valence-electron chi connectivity index (χ1n) is 16.2. The average Bonchev–Trinajstić information content (AvgIpc) is 2.95. The van der Waals surface area contributed by atoms with Crippen LogP contribution in [0.25, 0.3) is 43.6 Å². The van der Waals surface area contributed by atoms with Crippen molar-refractivity contribution in [2.45, 2.75) is 92.4 Å². The molecule has 2 heteroatoms. The van der Waals surface area contributed by atoms with Crippen LogP contribution in [0.15, 0.2) is 54.7 Å². The number of rotatable bonds is 4. The lowest BCUT2D eigenvalue weighted by molar-refractivity contribution is -0.659. The Morgan fingerprint density at radius 1 is 0.881 bits per heavy atom. The third-order valence-corrected chi connectivity index (χ3v) is 9.79. The smallest absolute Gasteiger partial charge is 0.228 e. The standard InChI is InChI=1S/C40H46NO/c1-24(2)19-26-13-16-30-32(20-26)25(3)36-38-37-31(17-18-41(38)7)33-21-28(27-11-9-8-10-12-27)14-15-29(33)22-35(37)42-39(36)34(30)23-40(4,5)6/h13-18,20-22,24,27H,8-12,19,23H2,1-7H3/q+1. The summed E-state index contributed by atoms with van der Waals surface area (Å²) in [6.45, 7) is 14.0. The van der Waals surface area contributed by atoms with Crippen molar-refractivity contribution in [2.75, 3.05) is 0 Å². The van der Waals surface area contributed by atoms with Crippen molar-refractivity contribution < 1.29 is 9.30 Å². The molecule has 216 valence electrons. The number of nitrogens with zero attached hydrogens (tertiary/aromatic N) is 1. The largest absolute Gasteiger partial charge is 0.455 e. The van der Waals surface area contributed by atoms with Gasteiger partial charge in [-0.2, -0.15) is 0 Å². The van der Waals surface area contributed by atoms with E-state index in [4.69, 9.17) is 4.74 Å². The van der Waals surface area contributed by atoms with E-state index in [0.29, 0.717) is 11.8 Å². The Kier molecular flexibility index (Phi) is 6.61. The molecule has 7 rings (SSSR count). The Labute approximate surface area is 251 Å². The van der Waals surface area contributed by atoms with Crippen LogP contribution < -0.4 is 9.30 Å². The third-order valence-electron chi connectivity index (χ3n) is 9.79. The summed E-state index contributed by atoms with van der Waals surface area (Å²) in [6, 6.07) is 19.0. The van der Waals surface area contributed by atoms with E-state index in [1.54, 1.807) is 0 Å². The van der Waals surface area contributed by atoms with Crippen molar-refractivity contribution in [2.24, 2.45) is 18.4 Å². The van der Waals surface area contributed by atoms with E-state index < -0.39 is 0 Å². The average molecular weight is 557 g/mol. The number of hydrogen-bond donors (Lipinski definition) is 0. The normalized spacial score (nSPS) is 15.5. The Morgan fingerprint density at radius 3 is 2.40 bits per heavy atom. The first-order valence-corrected chi connectivity index (χ1v) is 16.2. The minimum atomic E-state index is 0.128. The monoisotopic (exact) mass is 556 g/mol. The molecule has 0 N–H and O–H groups in total. The van der Waals surface area contributed by atoms with Gasteiger partial charge >= 0.3 is 0 Å². The Hall–Kier alpha value is -3.39. The number of ether oxygens (including phenoxy) is 1. The first-order chi connectivity index (χ1) is 20.1. The lowest BCUT2D eigenvalue weighted by atomic mass is 9.80. The van der Waals surface area contributed by atoms with Gasteiger partial charge in [-0.05, 0) is 94.2 Å². The highest BCUT2D eigenvalue weighted by atomic mass is 16.5. The number of fused-ring (bicyclic) bond motifs is 5. The molecule has 0 radical (unpaired) electrons. The molecular weight excluding hydrogens is 510 g/mol. The molecule has 1 aliphatic carbocycles. The molecule has 0 amide bonds. The molecule has 5 aromatic rings. The second-order valence-electron chi connectivity index (χ2n) is 14.9. The van der Waals surface area contributed by atoms with Gasteiger partial charge in [0.2, 0.25) is 5.69 Å². The molecule has 2 aliphatic rings. The van der Waals surface area contributed by atoms with Crippen molar-refractivity contribution in [1.29, 1.82) is 0 Å². The summed E-state index contributed by atoms with van der Waals surface area (Å²) >= 11 is 0. The van der Waals surface area contributed by atoms with Crippen molar-refractivity contribution in [1.82, 2.24) is 0 Å². The molecule has 0 bridgehead atoms. The predicted molar refractivity (Wildman–Crippen MR) is 178 cm³/mol. The summed E-state index contributed by atoms with van der Waals surface area (Å²) in [4.78, 5) is 0. The predicted octanol–water partition coefficient (Wildman–Crippen LogP) is 10.9. The molecule has 1 saturated carbocycles. The van der Waals surface area contributed by atoms with Crippen LogP contribution in [0, 0.1) is 18.3 Å². The maximum atomic E-state index is 7.11. The van der Waals surface area contributed by atoms with E-state index in [0.717, 1.165) is 24.3 Å². The van der Waals surface area contributed by atoms with Crippen molar-refractivity contribution in [3.05, 3.63) is 77.0 Å². The van der Waals surface area contributed by atoms with Gasteiger partial charge in [-0.15, -0.1) is 0 Å². The van der Waals surface area contributed by atoms with Crippen LogP contribution in [0.1, 0.15) is 94.9 Å². The second-order valence-corrected chi connectivity index (χ2v) is 14.9. The molecular formula is C40H46NO+. The van der Waals surface area contributed by atoms with E-state index in [-0.39, 0.29) is 5.41 Å². The van der Waals surface area contributed by atoms with Gasteiger partial charge in [0.05, 0.1) is 10.9 Å². The minimum Gasteiger partial charge on any atom is -0.455 e. The summed E-state index contributed by atoms with van der Waals surface area (Å²) in [5.74, 6) is 3.37. The molecule has 2 nitrogen and oxygen atoms in total. The molecule has 0 unspecified atom stereocenters. The molecule has 1 aromatic heterocycles. The molecule has 0 saturated heterocycles. The quantitative estimate of drug-likeness (QED) is 0.155. The lowest BCUT2D eigenvalue weighted by Crippen LogP contribution is -2.32. The SMILES string of the molecule is Cc1c2c(c(CC(C)(C)C)c3ccc(CC(C)C)cc13)Oc1cc3ccc(C4CCCCC4)cc3c3cc[n+](C)c-2c13. The van der Waals surface area contributed by atoms with Crippen LogP contribution in [-0.2, 0) is 19.9 Å². The van der Waals surface area contributed by atoms with E-state index >= 15 is 0 Å². The Morgan fingerprint density at radius 2 is 1.67 bits per heavy atom. The van der Waals surface area contributed by atoms with Crippen LogP contribution in [0.3, 0.4) is 0 Å². The van der Waals surface area contributed by atoms with Crippen LogP contribution in [0.2, 0.25) is 0 Å².